The number of halogens is 2. The summed E-state index contributed by atoms with van der Waals surface area (Å²) in [7, 11) is 0. The highest BCUT2D eigenvalue weighted by atomic mass is 32.1. The number of nitrogens with one attached hydrogen (secondary N) is 1. The van der Waals surface area contributed by atoms with Crippen LogP contribution in [0.25, 0.3) is 17.3 Å². The number of aryl methyl sites for hydroxylation is 2. The van der Waals surface area contributed by atoms with Crippen molar-refractivity contribution >= 4 is 28.9 Å². The third-order valence-corrected chi connectivity index (χ3v) is 6.30. The number of thiazole rings is 1. The van der Waals surface area contributed by atoms with E-state index in [0.29, 0.717) is 12.2 Å². The molecule has 0 radical (unpaired) electrons. The number of carbonyl (C=O) groups excluding carboxylic acids is 1. The standard InChI is InChI=1S/C26H25F2N3O3S/c1-4-5-12-30-23(32)19(15-29)25-31(20-11-10-16(2)13-17(20)3)24(33)22(35-25)14-18-8-6-7-9-21(18)34-26(27)28/h6-11,13-14,26H,4-5,12H2,1-3H3,(H,30,32)/b22-14-,25-19-. The molecule has 6 nitrogen and oxygen atoms in total. The maximum Gasteiger partial charge on any atom is 0.387 e. The Morgan fingerprint density at radius 3 is 2.66 bits per heavy atom. The van der Waals surface area contributed by atoms with Gasteiger partial charge in [-0.3, -0.25) is 14.2 Å². The van der Waals surface area contributed by atoms with Crippen molar-refractivity contribution in [2.45, 2.75) is 40.2 Å². The number of alkyl halides is 2. The minimum Gasteiger partial charge on any atom is -0.434 e. The molecule has 0 saturated heterocycles. The van der Waals surface area contributed by atoms with Gasteiger partial charge in [-0.25, -0.2) is 0 Å². The average molecular weight is 498 g/mol. The highest BCUT2D eigenvalue weighted by molar-refractivity contribution is 7.07. The summed E-state index contributed by atoms with van der Waals surface area (Å²) in [4.78, 5) is 26.4. The van der Waals surface area contributed by atoms with Gasteiger partial charge in [0.25, 0.3) is 11.5 Å². The van der Waals surface area contributed by atoms with Crippen molar-refractivity contribution < 1.29 is 18.3 Å². The second-order valence-corrected chi connectivity index (χ2v) is 8.89. The van der Waals surface area contributed by atoms with Gasteiger partial charge in [0.2, 0.25) is 0 Å². The molecule has 0 fully saturated rings. The third-order valence-electron chi connectivity index (χ3n) is 5.21. The lowest BCUT2D eigenvalue weighted by molar-refractivity contribution is -0.115. The van der Waals surface area contributed by atoms with Gasteiger partial charge >= 0.3 is 6.61 Å². The van der Waals surface area contributed by atoms with Gasteiger partial charge in [-0.15, -0.1) is 11.3 Å². The zero-order valence-electron chi connectivity index (χ0n) is 19.6. The number of aromatic nitrogens is 1. The van der Waals surface area contributed by atoms with E-state index in [4.69, 9.17) is 0 Å². The number of nitriles is 1. The molecule has 0 saturated carbocycles. The van der Waals surface area contributed by atoms with Gasteiger partial charge in [-0.05, 0) is 44.0 Å². The lowest BCUT2D eigenvalue weighted by atomic mass is 10.1. The number of carbonyl (C=O) groups is 1. The van der Waals surface area contributed by atoms with E-state index in [9.17, 15) is 23.6 Å². The second-order valence-electron chi connectivity index (χ2n) is 7.86. The number of hydrogen-bond acceptors (Lipinski definition) is 5. The molecule has 0 atom stereocenters. The Morgan fingerprint density at radius 1 is 1.26 bits per heavy atom. The number of para-hydroxylation sites is 1. The summed E-state index contributed by atoms with van der Waals surface area (Å²) in [6.45, 7) is 3.10. The molecule has 35 heavy (non-hydrogen) atoms. The van der Waals surface area contributed by atoms with Gasteiger partial charge in [0.15, 0.2) is 5.57 Å². The lowest BCUT2D eigenvalue weighted by Crippen LogP contribution is -2.34. The largest absolute Gasteiger partial charge is 0.434 e. The number of rotatable bonds is 8. The zero-order valence-corrected chi connectivity index (χ0v) is 20.4. The van der Waals surface area contributed by atoms with Crippen LogP contribution < -0.4 is 24.8 Å². The first kappa shape index (κ1) is 25.8. The maximum atomic E-state index is 13.6. The molecular formula is C26H25F2N3O3S. The highest BCUT2D eigenvalue weighted by Crippen LogP contribution is 2.21. The molecule has 3 rings (SSSR count). The minimum absolute atomic E-state index is 0.0864. The molecule has 2 aromatic carbocycles. The van der Waals surface area contributed by atoms with E-state index in [2.05, 4.69) is 10.1 Å². The predicted molar refractivity (Wildman–Crippen MR) is 132 cm³/mol. The molecule has 182 valence electrons. The summed E-state index contributed by atoms with van der Waals surface area (Å²) < 4.78 is 32.0. The fourth-order valence-electron chi connectivity index (χ4n) is 3.53. The topological polar surface area (TPSA) is 84.1 Å². The van der Waals surface area contributed by atoms with Gasteiger partial charge in [-0.1, -0.05) is 49.2 Å². The summed E-state index contributed by atoms with van der Waals surface area (Å²) in [5.41, 5.74) is 1.90. The monoisotopic (exact) mass is 497 g/mol. The lowest BCUT2D eigenvalue weighted by Gasteiger charge is -2.09. The highest BCUT2D eigenvalue weighted by Gasteiger charge is 2.18. The van der Waals surface area contributed by atoms with Gasteiger partial charge in [0.05, 0.1) is 10.2 Å². The molecule has 0 aliphatic carbocycles. The van der Waals surface area contributed by atoms with E-state index in [1.807, 2.05) is 39.0 Å². The Morgan fingerprint density at radius 2 is 2.00 bits per heavy atom. The van der Waals surface area contributed by atoms with Crippen molar-refractivity contribution in [3.05, 3.63) is 78.7 Å². The van der Waals surface area contributed by atoms with Crippen molar-refractivity contribution in [1.82, 2.24) is 9.88 Å². The smallest absolute Gasteiger partial charge is 0.387 e. The van der Waals surface area contributed by atoms with Gasteiger partial charge in [0, 0.05) is 12.1 Å². The van der Waals surface area contributed by atoms with Crippen LogP contribution in [0, 0.1) is 25.2 Å². The van der Waals surface area contributed by atoms with E-state index >= 15 is 0 Å². The van der Waals surface area contributed by atoms with Crippen LogP contribution >= 0.6 is 11.3 Å². The molecule has 0 aliphatic rings. The first-order chi connectivity index (χ1) is 16.8. The molecule has 1 aromatic heterocycles. The van der Waals surface area contributed by atoms with Gasteiger partial charge < -0.3 is 10.1 Å². The number of amides is 1. The average Bonchev–Trinajstić information content (AvgIpc) is 3.11. The molecule has 1 heterocycles. The Hall–Kier alpha value is -3.77. The van der Waals surface area contributed by atoms with Crippen LogP contribution in [0.5, 0.6) is 5.75 Å². The van der Waals surface area contributed by atoms with Crippen LogP contribution in [0.3, 0.4) is 0 Å². The van der Waals surface area contributed by atoms with Crippen LogP contribution in [-0.4, -0.2) is 23.6 Å². The van der Waals surface area contributed by atoms with Crippen LogP contribution in [0.1, 0.15) is 36.5 Å². The van der Waals surface area contributed by atoms with E-state index in [0.717, 1.165) is 35.3 Å². The number of ether oxygens (including phenoxy) is 1. The van der Waals surface area contributed by atoms with Crippen molar-refractivity contribution in [2.75, 3.05) is 6.54 Å². The van der Waals surface area contributed by atoms with E-state index < -0.39 is 18.1 Å². The first-order valence-electron chi connectivity index (χ1n) is 11.0. The Kier molecular flexibility index (Phi) is 8.55. The summed E-state index contributed by atoms with van der Waals surface area (Å²) >= 11 is 0.948. The Labute approximate surface area is 205 Å². The van der Waals surface area contributed by atoms with Gasteiger partial charge in [-0.2, -0.15) is 14.0 Å². The molecule has 0 aliphatic heterocycles. The molecule has 0 unspecified atom stereocenters. The molecule has 1 N–H and O–H groups in total. The van der Waals surface area contributed by atoms with Crippen molar-refractivity contribution in [2.24, 2.45) is 0 Å². The predicted octanol–water partition coefficient (Wildman–Crippen LogP) is 3.54. The summed E-state index contributed by atoms with van der Waals surface area (Å²) in [6.07, 6.45) is 3.05. The van der Waals surface area contributed by atoms with Gasteiger partial charge in [0.1, 0.15) is 16.5 Å². The Balaban J connectivity index is 2.34. The minimum atomic E-state index is -3.03. The first-order valence-corrected chi connectivity index (χ1v) is 11.9. The molecule has 3 aromatic rings. The fourth-order valence-corrected chi connectivity index (χ4v) is 4.62. The summed E-state index contributed by atoms with van der Waals surface area (Å²) in [5.74, 6) is -0.662. The van der Waals surface area contributed by atoms with Crippen LogP contribution in [0.4, 0.5) is 8.78 Å². The van der Waals surface area contributed by atoms with Crippen molar-refractivity contribution in [1.29, 1.82) is 5.26 Å². The van der Waals surface area contributed by atoms with E-state index in [1.54, 1.807) is 24.3 Å². The van der Waals surface area contributed by atoms with E-state index in [-0.39, 0.29) is 26.1 Å². The van der Waals surface area contributed by atoms with Crippen LogP contribution in [-0.2, 0) is 4.79 Å². The maximum absolute atomic E-state index is 13.6. The normalized spacial score (nSPS) is 12.4. The summed E-state index contributed by atoms with van der Waals surface area (Å²) in [5, 5.41) is 12.6. The quantitative estimate of drug-likeness (QED) is 0.483. The number of benzene rings is 2. The fraction of sp³-hybridized carbons (Fsp3) is 0.269. The van der Waals surface area contributed by atoms with Crippen molar-refractivity contribution in [3.63, 3.8) is 0 Å². The second kappa shape index (κ2) is 11.6. The molecule has 0 spiro atoms. The van der Waals surface area contributed by atoms with Crippen LogP contribution in [0.15, 0.2) is 47.3 Å². The molecule has 1 amide bonds. The number of nitrogens with zero attached hydrogens (tertiary/aromatic N) is 2. The number of unbranched alkanes of at least 4 members (excludes halogenated alkanes) is 1. The van der Waals surface area contributed by atoms with E-state index in [1.165, 1.54) is 16.7 Å². The summed E-state index contributed by atoms with van der Waals surface area (Å²) in [6, 6.07) is 13.5. The third kappa shape index (κ3) is 6.03. The molecule has 0 bridgehead atoms. The van der Waals surface area contributed by atoms with Crippen LogP contribution in [0.2, 0.25) is 0 Å². The number of hydrogen-bond donors (Lipinski definition) is 1. The Bertz CT molecular complexity index is 1450. The zero-order chi connectivity index (χ0) is 25.5. The SMILES string of the molecule is CCCCNC(=O)/C(C#N)=c1\s/c(=C\c2ccccc2OC(F)F)c(=O)n1-c1ccc(C)cc1C. The van der Waals surface area contributed by atoms with Crippen molar-refractivity contribution in [3.8, 4) is 17.5 Å². The molecular weight excluding hydrogens is 472 g/mol. The molecule has 9 heteroatoms.